The van der Waals surface area contributed by atoms with Crippen molar-refractivity contribution in [3.8, 4) is 0 Å². The lowest BCUT2D eigenvalue weighted by atomic mass is 9.94. The molecule has 0 atom stereocenters. The van der Waals surface area contributed by atoms with Crippen LogP contribution in [0.4, 0.5) is 0 Å². The number of rotatable bonds is 2. The minimum absolute atomic E-state index is 0.0842. The van der Waals surface area contributed by atoms with Gasteiger partial charge in [-0.2, -0.15) is 0 Å². The summed E-state index contributed by atoms with van der Waals surface area (Å²) in [5, 5.41) is 9.99. The highest BCUT2D eigenvalue weighted by atomic mass is 16.4. The zero-order valence-electron chi connectivity index (χ0n) is 8.95. The van der Waals surface area contributed by atoms with E-state index >= 15 is 0 Å². The number of hydrogen-bond acceptors (Lipinski definition) is 3. The third kappa shape index (κ3) is 1.76. The Morgan fingerprint density at radius 3 is 2.73 bits per heavy atom. The molecule has 80 valence electrons. The Bertz CT molecular complexity index is 480. The van der Waals surface area contributed by atoms with Crippen molar-refractivity contribution in [2.75, 3.05) is 0 Å². The molecule has 1 heterocycles. The summed E-state index contributed by atoms with van der Waals surface area (Å²) in [6.07, 6.45) is 0. The Morgan fingerprint density at radius 2 is 2.13 bits per heavy atom. The summed E-state index contributed by atoms with van der Waals surface area (Å²) >= 11 is 0. The standard InChI is InChI=1S/C12H15NO2/c1-12(2,13)10-5-3-4-8-6-9(7-14)15-11(8)10/h3-6,14H,7,13H2,1-2H3. The fraction of sp³-hybridized carbons (Fsp3) is 0.333. The summed E-state index contributed by atoms with van der Waals surface area (Å²) in [6, 6.07) is 7.69. The largest absolute Gasteiger partial charge is 0.458 e. The average molecular weight is 205 g/mol. The highest BCUT2D eigenvalue weighted by molar-refractivity contribution is 5.82. The Labute approximate surface area is 88.5 Å². The van der Waals surface area contributed by atoms with Crippen molar-refractivity contribution in [2.24, 2.45) is 5.73 Å². The smallest absolute Gasteiger partial charge is 0.139 e. The van der Waals surface area contributed by atoms with Crippen molar-refractivity contribution in [1.29, 1.82) is 0 Å². The predicted molar refractivity (Wildman–Crippen MR) is 59.4 cm³/mol. The van der Waals surface area contributed by atoms with Crippen LogP contribution in [-0.4, -0.2) is 5.11 Å². The first kappa shape index (κ1) is 10.2. The highest BCUT2D eigenvalue weighted by Crippen LogP contribution is 2.29. The van der Waals surface area contributed by atoms with Crippen LogP contribution in [0.3, 0.4) is 0 Å². The van der Waals surface area contributed by atoms with Gasteiger partial charge in [0.1, 0.15) is 18.0 Å². The van der Waals surface area contributed by atoms with Gasteiger partial charge in [0.05, 0.1) is 0 Å². The minimum atomic E-state index is -0.440. The maximum absolute atomic E-state index is 9.01. The first-order valence-electron chi connectivity index (χ1n) is 4.94. The molecule has 3 heteroatoms. The van der Waals surface area contributed by atoms with Gasteiger partial charge >= 0.3 is 0 Å². The highest BCUT2D eigenvalue weighted by Gasteiger charge is 2.19. The van der Waals surface area contributed by atoms with Gasteiger partial charge in [-0.1, -0.05) is 18.2 Å². The molecule has 0 spiro atoms. The average Bonchev–Trinajstić information content (AvgIpc) is 2.57. The van der Waals surface area contributed by atoms with E-state index in [-0.39, 0.29) is 6.61 Å². The number of para-hydroxylation sites is 1. The molecule has 0 fully saturated rings. The van der Waals surface area contributed by atoms with Gasteiger partial charge in [-0.3, -0.25) is 0 Å². The van der Waals surface area contributed by atoms with Crippen LogP contribution in [0.1, 0.15) is 25.2 Å². The summed E-state index contributed by atoms with van der Waals surface area (Å²) in [4.78, 5) is 0. The van der Waals surface area contributed by atoms with Crippen molar-refractivity contribution in [3.05, 3.63) is 35.6 Å². The summed E-state index contributed by atoms with van der Waals surface area (Å²) in [5.41, 5.74) is 7.34. The van der Waals surface area contributed by atoms with Crippen LogP contribution in [0.25, 0.3) is 11.0 Å². The predicted octanol–water partition coefficient (Wildman–Crippen LogP) is 2.12. The summed E-state index contributed by atoms with van der Waals surface area (Å²) < 4.78 is 5.54. The Morgan fingerprint density at radius 1 is 1.40 bits per heavy atom. The molecule has 0 aliphatic carbocycles. The second-order valence-corrected chi connectivity index (χ2v) is 4.32. The third-order valence-corrected chi connectivity index (χ3v) is 2.45. The summed E-state index contributed by atoms with van der Waals surface area (Å²) in [7, 11) is 0. The van der Waals surface area contributed by atoms with Crippen LogP contribution in [0, 0.1) is 0 Å². The van der Waals surface area contributed by atoms with Gasteiger partial charge in [0.2, 0.25) is 0 Å². The minimum Gasteiger partial charge on any atom is -0.458 e. The number of aliphatic hydroxyl groups is 1. The van der Waals surface area contributed by atoms with Gasteiger partial charge in [-0.15, -0.1) is 0 Å². The van der Waals surface area contributed by atoms with E-state index in [0.717, 1.165) is 16.5 Å². The van der Waals surface area contributed by atoms with Gasteiger partial charge in [-0.25, -0.2) is 0 Å². The van der Waals surface area contributed by atoms with Crippen molar-refractivity contribution in [3.63, 3.8) is 0 Å². The van der Waals surface area contributed by atoms with E-state index in [1.54, 1.807) is 0 Å². The van der Waals surface area contributed by atoms with Gasteiger partial charge < -0.3 is 15.3 Å². The molecule has 0 unspecified atom stereocenters. The lowest BCUT2D eigenvalue weighted by Crippen LogP contribution is -2.28. The van der Waals surface area contributed by atoms with E-state index in [9.17, 15) is 0 Å². The molecule has 0 radical (unpaired) electrons. The van der Waals surface area contributed by atoms with Crippen molar-refractivity contribution in [2.45, 2.75) is 26.0 Å². The fourth-order valence-electron chi connectivity index (χ4n) is 1.70. The molecule has 3 nitrogen and oxygen atoms in total. The maximum Gasteiger partial charge on any atom is 0.139 e. The molecule has 0 saturated carbocycles. The second-order valence-electron chi connectivity index (χ2n) is 4.32. The van der Waals surface area contributed by atoms with Crippen molar-refractivity contribution >= 4 is 11.0 Å². The number of benzene rings is 1. The number of furan rings is 1. The molecule has 15 heavy (non-hydrogen) atoms. The fourth-order valence-corrected chi connectivity index (χ4v) is 1.70. The van der Waals surface area contributed by atoms with Crippen LogP contribution < -0.4 is 5.73 Å². The third-order valence-electron chi connectivity index (χ3n) is 2.45. The van der Waals surface area contributed by atoms with Gasteiger partial charge in [0.25, 0.3) is 0 Å². The number of fused-ring (bicyclic) bond motifs is 1. The molecule has 0 amide bonds. The van der Waals surface area contributed by atoms with Crippen LogP contribution in [0.15, 0.2) is 28.7 Å². The SMILES string of the molecule is CC(C)(N)c1cccc2cc(CO)oc12. The maximum atomic E-state index is 9.01. The van der Waals surface area contributed by atoms with Crippen LogP contribution in [0.5, 0.6) is 0 Å². The molecule has 1 aromatic heterocycles. The second kappa shape index (κ2) is 3.36. The van der Waals surface area contributed by atoms with Crippen molar-refractivity contribution < 1.29 is 9.52 Å². The molecule has 0 saturated heterocycles. The van der Waals surface area contributed by atoms with Gasteiger partial charge in [-0.05, 0) is 19.9 Å². The van der Waals surface area contributed by atoms with E-state index in [1.807, 2.05) is 38.1 Å². The molecular formula is C12H15NO2. The molecule has 2 rings (SSSR count). The quantitative estimate of drug-likeness (QED) is 0.789. The Kier molecular flexibility index (Phi) is 2.29. The Balaban J connectivity index is 2.70. The summed E-state index contributed by atoms with van der Waals surface area (Å²) in [6.45, 7) is 3.78. The summed E-state index contributed by atoms with van der Waals surface area (Å²) in [5.74, 6) is 0.571. The zero-order valence-corrected chi connectivity index (χ0v) is 8.95. The molecule has 0 aliphatic heterocycles. The first-order chi connectivity index (χ1) is 7.02. The lowest BCUT2D eigenvalue weighted by molar-refractivity contribution is 0.250. The molecule has 0 bridgehead atoms. The van der Waals surface area contributed by atoms with Gasteiger partial charge in [0.15, 0.2) is 0 Å². The Hall–Kier alpha value is -1.32. The number of aliphatic hydroxyl groups excluding tert-OH is 1. The topological polar surface area (TPSA) is 59.4 Å². The van der Waals surface area contributed by atoms with Crippen LogP contribution >= 0.6 is 0 Å². The molecule has 0 aliphatic rings. The van der Waals surface area contributed by atoms with Crippen molar-refractivity contribution in [1.82, 2.24) is 0 Å². The zero-order chi connectivity index (χ0) is 11.1. The van der Waals surface area contributed by atoms with E-state index < -0.39 is 5.54 Å². The van der Waals surface area contributed by atoms with E-state index in [4.69, 9.17) is 15.3 Å². The molecule has 3 N–H and O–H groups in total. The van der Waals surface area contributed by atoms with Crippen LogP contribution in [-0.2, 0) is 12.1 Å². The molecule has 1 aromatic carbocycles. The molecular weight excluding hydrogens is 190 g/mol. The molecule has 2 aromatic rings. The van der Waals surface area contributed by atoms with E-state index in [2.05, 4.69) is 0 Å². The van der Waals surface area contributed by atoms with Crippen LogP contribution in [0.2, 0.25) is 0 Å². The van der Waals surface area contributed by atoms with E-state index in [1.165, 1.54) is 0 Å². The first-order valence-corrected chi connectivity index (χ1v) is 4.94. The normalized spacial score (nSPS) is 12.3. The van der Waals surface area contributed by atoms with E-state index in [0.29, 0.717) is 5.76 Å². The monoisotopic (exact) mass is 205 g/mol. The number of nitrogens with two attached hydrogens (primary N) is 1. The lowest BCUT2D eigenvalue weighted by Gasteiger charge is -2.18. The number of hydrogen-bond donors (Lipinski definition) is 2. The van der Waals surface area contributed by atoms with Gasteiger partial charge in [0, 0.05) is 16.5 Å².